The Kier molecular flexibility index (Phi) is 6.53. The van der Waals surface area contributed by atoms with E-state index in [9.17, 15) is 4.79 Å². The molecule has 0 N–H and O–H groups in total. The fourth-order valence-electron chi connectivity index (χ4n) is 3.60. The van der Waals surface area contributed by atoms with E-state index in [1.807, 2.05) is 53.4 Å². The summed E-state index contributed by atoms with van der Waals surface area (Å²) in [4.78, 5) is 22.7. The number of amides is 1. The van der Waals surface area contributed by atoms with Crippen molar-refractivity contribution in [2.75, 3.05) is 31.1 Å². The quantitative estimate of drug-likeness (QED) is 0.564. The third kappa shape index (κ3) is 5.06. The molecule has 2 aromatic carbocycles. The Balaban J connectivity index is 1.43. The first-order valence-corrected chi connectivity index (χ1v) is 11.2. The van der Waals surface area contributed by atoms with Crippen LogP contribution in [0.15, 0.2) is 57.9 Å². The maximum absolute atomic E-state index is 13.3. The molecular formula is C23H23N5O2S. The van der Waals surface area contributed by atoms with Crippen LogP contribution in [0.5, 0.6) is 0 Å². The van der Waals surface area contributed by atoms with Gasteiger partial charge in [0, 0.05) is 36.8 Å². The molecule has 1 saturated heterocycles. The van der Waals surface area contributed by atoms with Crippen molar-refractivity contribution in [3.63, 3.8) is 0 Å². The van der Waals surface area contributed by atoms with Crippen LogP contribution >= 0.6 is 11.8 Å². The smallest absolute Gasteiger partial charge is 0.255 e. The second-order valence-corrected chi connectivity index (χ2v) is 8.33. The first-order valence-electron chi connectivity index (χ1n) is 10.2. The van der Waals surface area contributed by atoms with Crippen molar-refractivity contribution in [2.45, 2.75) is 24.0 Å². The second-order valence-electron chi connectivity index (χ2n) is 7.31. The fourth-order valence-corrected chi connectivity index (χ4v) is 4.49. The van der Waals surface area contributed by atoms with Gasteiger partial charge in [-0.25, -0.2) is 0 Å². The summed E-state index contributed by atoms with van der Waals surface area (Å²) in [5.74, 6) is 1.73. The van der Waals surface area contributed by atoms with E-state index in [0.29, 0.717) is 41.7 Å². The fraction of sp³-hybridized carbons (Fsp3) is 0.304. The van der Waals surface area contributed by atoms with Gasteiger partial charge in [0.15, 0.2) is 5.82 Å². The Morgan fingerprint density at radius 3 is 2.68 bits per heavy atom. The van der Waals surface area contributed by atoms with E-state index in [1.165, 1.54) is 11.8 Å². The molecule has 7 nitrogen and oxygen atoms in total. The predicted molar refractivity (Wildman–Crippen MR) is 119 cm³/mol. The summed E-state index contributed by atoms with van der Waals surface area (Å²) in [6.45, 7) is 4.79. The van der Waals surface area contributed by atoms with Crippen LogP contribution in [0.4, 0.5) is 5.69 Å². The molecule has 4 rings (SSSR count). The number of aromatic nitrogens is 2. The molecule has 1 fully saturated rings. The largest absolute Gasteiger partial charge is 0.370 e. The molecule has 2 heterocycles. The van der Waals surface area contributed by atoms with Gasteiger partial charge in [-0.05, 0) is 49.7 Å². The van der Waals surface area contributed by atoms with Crippen LogP contribution in [0.3, 0.4) is 0 Å². The normalized spacial score (nSPS) is 14.2. The average molecular weight is 434 g/mol. The van der Waals surface area contributed by atoms with Gasteiger partial charge < -0.3 is 14.3 Å². The van der Waals surface area contributed by atoms with Gasteiger partial charge in [0.2, 0.25) is 5.89 Å². The van der Waals surface area contributed by atoms with Crippen molar-refractivity contribution in [3.05, 3.63) is 71.4 Å². The number of hydrogen-bond acceptors (Lipinski definition) is 7. The van der Waals surface area contributed by atoms with Crippen molar-refractivity contribution < 1.29 is 9.32 Å². The third-order valence-corrected chi connectivity index (χ3v) is 6.24. The Morgan fingerprint density at radius 2 is 1.94 bits per heavy atom. The number of nitriles is 1. The number of nitrogens with zero attached hydrogens (tertiary/aromatic N) is 5. The molecule has 0 bridgehead atoms. The summed E-state index contributed by atoms with van der Waals surface area (Å²) in [5, 5.41) is 12.8. The minimum atomic E-state index is 0.0477. The van der Waals surface area contributed by atoms with Crippen LogP contribution < -0.4 is 4.90 Å². The van der Waals surface area contributed by atoms with Crippen molar-refractivity contribution in [2.24, 2.45) is 0 Å². The van der Waals surface area contributed by atoms with Gasteiger partial charge in [0.1, 0.15) is 0 Å². The lowest BCUT2D eigenvalue weighted by Gasteiger charge is -2.24. The molecular weight excluding hydrogens is 410 g/mol. The van der Waals surface area contributed by atoms with Crippen molar-refractivity contribution in [3.8, 4) is 6.07 Å². The maximum Gasteiger partial charge on any atom is 0.255 e. The molecule has 1 amide bonds. The highest BCUT2D eigenvalue weighted by atomic mass is 32.2. The molecule has 1 aliphatic heterocycles. The minimum absolute atomic E-state index is 0.0477. The molecule has 0 radical (unpaired) electrons. The molecule has 158 valence electrons. The maximum atomic E-state index is 13.3. The van der Waals surface area contributed by atoms with E-state index < -0.39 is 0 Å². The first kappa shape index (κ1) is 20.9. The zero-order chi connectivity index (χ0) is 21.6. The Labute approximate surface area is 185 Å². The molecule has 31 heavy (non-hydrogen) atoms. The molecule has 0 saturated carbocycles. The summed E-state index contributed by atoms with van der Waals surface area (Å²) in [5.41, 5.74) is 2.44. The van der Waals surface area contributed by atoms with Crippen molar-refractivity contribution >= 4 is 23.4 Å². The molecule has 1 aromatic heterocycles. The van der Waals surface area contributed by atoms with E-state index in [2.05, 4.69) is 21.1 Å². The van der Waals surface area contributed by atoms with Crippen LogP contribution in [0, 0.1) is 18.3 Å². The molecule has 0 aliphatic carbocycles. The average Bonchev–Trinajstić information content (AvgIpc) is 3.07. The van der Waals surface area contributed by atoms with Gasteiger partial charge in [-0.2, -0.15) is 10.2 Å². The van der Waals surface area contributed by atoms with E-state index in [4.69, 9.17) is 9.78 Å². The van der Waals surface area contributed by atoms with E-state index in [-0.39, 0.29) is 5.91 Å². The zero-order valence-electron chi connectivity index (χ0n) is 17.3. The lowest BCUT2D eigenvalue weighted by atomic mass is 10.2. The zero-order valence-corrected chi connectivity index (χ0v) is 18.1. The van der Waals surface area contributed by atoms with E-state index >= 15 is 0 Å². The number of carbonyl (C=O) groups is 1. The van der Waals surface area contributed by atoms with Crippen molar-refractivity contribution in [1.82, 2.24) is 15.0 Å². The molecule has 8 heteroatoms. The van der Waals surface area contributed by atoms with Gasteiger partial charge in [-0.15, -0.1) is 11.8 Å². The lowest BCUT2D eigenvalue weighted by Crippen LogP contribution is -2.35. The lowest BCUT2D eigenvalue weighted by molar-refractivity contribution is 0.0763. The highest BCUT2D eigenvalue weighted by molar-refractivity contribution is 7.98. The van der Waals surface area contributed by atoms with Gasteiger partial charge in [-0.1, -0.05) is 17.3 Å². The third-order valence-electron chi connectivity index (χ3n) is 5.18. The first-order chi connectivity index (χ1) is 15.1. The van der Waals surface area contributed by atoms with Crippen molar-refractivity contribution in [1.29, 1.82) is 5.26 Å². The number of anilines is 1. The number of aryl methyl sites for hydroxylation is 1. The highest BCUT2D eigenvalue weighted by Gasteiger charge is 2.22. The molecule has 0 spiro atoms. The Hall–Kier alpha value is -3.31. The monoisotopic (exact) mass is 433 g/mol. The topological polar surface area (TPSA) is 86.3 Å². The standard InChI is InChI=1S/C23H23N5O2S/c1-17-25-22(30-26-17)16-31-21-6-3-2-5-20(21)23(29)28-12-4-11-27(13-14-28)19-9-7-18(15-24)8-10-19/h2-3,5-10H,4,11-14,16H2,1H3. The number of rotatable bonds is 5. The SMILES string of the molecule is Cc1noc(CSc2ccccc2C(=O)N2CCCN(c3ccc(C#N)cc3)CC2)n1. The van der Waals surface area contributed by atoms with Crippen LogP contribution in [0.1, 0.15) is 34.1 Å². The van der Waals surface area contributed by atoms with Crippen LogP contribution in [-0.2, 0) is 5.75 Å². The van der Waals surface area contributed by atoms with E-state index in [1.54, 1.807) is 6.92 Å². The van der Waals surface area contributed by atoms with Crippen LogP contribution in [-0.4, -0.2) is 47.1 Å². The van der Waals surface area contributed by atoms with Gasteiger partial charge in [0.05, 0.1) is 22.9 Å². The Bertz CT molecular complexity index is 1090. The van der Waals surface area contributed by atoms with Crippen LogP contribution in [0.25, 0.3) is 0 Å². The summed E-state index contributed by atoms with van der Waals surface area (Å²) >= 11 is 1.53. The second kappa shape index (κ2) is 9.67. The molecule has 0 atom stereocenters. The number of carbonyl (C=O) groups excluding carboxylic acids is 1. The van der Waals surface area contributed by atoms with Gasteiger partial charge in [0.25, 0.3) is 5.91 Å². The summed E-state index contributed by atoms with van der Waals surface area (Å²) in [6.07, 6.45) is 0.891. The van der Waals surface area contributed by atoms with E-state index in [0.717, 1.165) is 30.1 Å². The molecule has 3 aromatic rings. The number of thioether (sulfide) groups is 1. The van der Waals surface area contributed by atoms with Gasteiger partial charge >= 0.3 is 0 Å². The Morgan fingerprint density at radius 1 is 1.13 bits per heavy atom. The molecule has 0 unspecified atom stereocenters. The number of hydrogen-bond donors (Lipinski definition) is 0. The highest BCUT2D eigenvalue weighted by Crippen LogP contribution is 2.27. The summed E-state index contributed by atoms with van der Waals surface area (Å²) in [7, 11) is 0. The predicted octanol–water partition coefficient (Wildman–Crippen LogP) is 3.89. The number of benzene rings is 2. The van der Waals surface area contributed by atoms with Crippen LogP contribution in [0.2, 0.25) is 0 Å². The minimum Gasteiger partial charge on any atom is -0.370 e. The summed E-state index contributed by atoms with van der Waals surface area (Å²) < 4.78 is 5.19. The molecule has 1 aliphatic rings. The summed E-state index contributed by atoms with van der Waals surface area (Å²) in [6, 6.07) is 17.4. The van der Waals surface area contributed by atoms with Gasteiger partial charge in [-0.3, -0.25) is 4.79 Å².